The zero-order valence-corrected chi connectivity index (χ0v) is 27.6. The zero-order valence-electron chi connectivity index (χ0n) is 27.6. The summed E-state index contributed by atoms with van der Waals surface area (Å²) in [5.74, 6) is 0. The summed E-state index contributed by atoms with van der Waals surface area (Å²) in [6, 6.07) is 62.6. The van der Waals surface area contributed by atoms with Crippen LogP contribution in [0.25, 0.3) is 120 Å². The van der Waals surface area contributed by atoms with Crippen molar-refractivity contribution >= 4 is 97.3 Å². The fourth-order valence-corrected chi connectivity index (χ4v) is 9.02. The van der Waals surface area contributed by atoms with Crippen LogP contribution >= 0.6 is 0 Å². The predicted octanol–water partition coefficient (Wildman–Crippen LogP) is 14.4. The van der Waals surface area contributed by atoms with E-state index in [1.807, 2.05) is 0 Å². The fourth-order valence-electron chi connectivity index (χ4n) is 9.02. The van der Waals surface area contributed by atoms with Crippen LogP contribution in [0.4, 0.5) is 0 Å². The molecule has 1 aromatic heterocycles. The van der Waals surface area contributed by atoms with Gasteiger partial charge >= 0.3 is 0 Å². The van der Waals surface area contributed by atoms with Crippen molar-refractivity contribution in [2.45, 2.75) is 0 Å². The Morgan fingerprint density at radius 2 is 0.784 bits per heavy atom. The zero-order chi connectivity index (χ0) is 33.2. The van der Waals surface area contributed by atoms with Crippen LogP contribution in [0.3, 0.4) is 0 Å². The summed E-state index contributed by atoms with van der Waals surface area (Å²) >= 11 is 0. The largest absolute Gasteiger partial charge is 0.455 e. The lowest BCUT2D eigenvalue weighted by Gasteiger charge is -2.15. The Bertz CT molecular complexity index is 3400. The Labute approximate surface area is 292 Å². The van der Waals surface area contributed by atoms with E-state index in [0.29, 0.717) is 0 Å². The van der Waals surface area contributed by atoms with Gasteiger partial charge in [0.05, 0.1) is 0 Å². The standard InChI is InChI=1S/C50H28O/c1-3-10-37-29(6-1)12-15-34-16-13-31-14-19-36(28-44(31)46(34)37)39-26-27-42(48-43-25-20-30-7-2-4-11-38(30)49(43)51-50(39)48)40-23-21-35-18-17-32-8-5-9-33-22-24-41(40)47(35)45(32)33/h1-28H. The van der Waals surface area contributed by atoms with Gasteiger partial charge in [0.15, 0.2) is 0 Å². The molecule has 0 spiro atoms. The maximum atomic E-state index is 7.11. The molecule has 234 valence electrons. The first kappa shape index (κ1) is 27.2. The van der Waals surface area contributed by atoms with Crippen LogP contribution in [-0.4, -0.2) is 0 Å². The lowest BCUT2D eigenvalue weighted by atomic mass is 9.87. The first-order chi connectivity index (χ1) is 25.3. The highest BCUT2D eigenvalue weighted by Crippen LogP contribution is 2.47. The molecular formula is C50H28O. The lowest BCUT2D eigenvalue weighted by molar-refractivity contribution is 0.674. The van der Waals surface area contributed by atoms with E-state index < -0.39 is 0 Å². The molecule has 0 aliphatic rings. The summed E-state index contributed by atoms with van der Waals surface area (Å²) in [7, 11) is 0. The number of fused-ring (bicyclic) bond motifs is 10. The van der Waals surface area contributed by atoms with E-state index in [9.17, 15) is 0 Å². The summed E-state index contributed by atoms with van der Waals surface area (Å²) in [5, 5.41) is 19.9. The molecule has 0 aliphatic heterocycles. The minimum Gasteiger partial charge on any atom is -0.455 e. The minimum atomic E-state index is 0.925. The highest BCUT2D eigenvalue weighted by molar-refractivity contribution is 6.29. The molecule has 0 unspecified atom stereocenters. The molecule has 1 heterocycles. The Balaban J connectivity index is 1.20. The molecule has 11 aromatic carbocycles. The van der Waals surface area contributed by atoms with Crippen LogP contribution < -0.4 is 0 Å². The topological polar surface area (TPSA) is 13.1 Å². The summed E-state index contributed by atoms with van der Waals surface area (Å²) in [4.78, 5) is 0. The van der Waals surface area contributed by atoms with Gasteiger partial charge in [-0.15, -0.1) is 0 Å². The van der Waals surface area contributed by atoms with Crippen molar-refractivity contribution in [3.8, 4) is 22.3 Å². The third-order valence-corrected chi connectivity index (χ3v) is 11.4. The maximum Gasteiger partial charge on any atom is 0.143 e. The van der Waals surface area contributed by atoms with E-state index >= 15 is 0 Å². The van der Waals surface area contributed by atoms with Crippen LogP contribution in [0, 0.1) is 0 Å². The number of benzene rings is 11. The van der Waals surface area contributed by atoms with Gasteiger partial charge in [0, 0.05) is 21.7 Å². The van der Waals surface area contributed by atoms with Crippen molar-refractivity contribution < 1.29 is 4.42 Å². The normalized spacial score (nSPS) is 12.3. The second kappa shape index (κ2) is 9.94. The highest BCUT2D eigenvalue weighted by atomic mass is 16.3. The molecule has 0 bridgehead atoms. The third-order valence-electron chi connectivity index (χ3n) is 11.4. The van der Waals surface area contributed by atoms with Crippen molar-refractivity contribution in [3.05, 3.63) is 170 Å². The summed E-state index contributed by atoms with van der Waals surface area (Å²) < 4.78 is 7.11. The van der Waals surface area contributed by atoms with Crippen LogP contribution in [0.2, 0.25) is 0 Å². The average Bonchev–Trinajstić information content (AvgIpc) is 3.60. The van der Waals surface area contributed by atoms with E-state index in [1.54, 1.807) is 0 Å². The van der Waals surface area contributed by atoms with Gasteiger partial charge in [0.25, 0.3) is 0 Å². The number of hydrogen-bond acceptors (Lipinski definition) is 1. The summed E-state index contributed by atoms with van der Waals surface area (Å²) in [6.07, 6.45) is 0. The van der Waals surface area contributed by atoms with E-state index in [0.717, 1.165) is 38.5 Å². The third kappa shape index (κ3) is 3.70. The number of hydrogen-bond donors (Lipinski definition) is 0. The molecule has 1 nitrogen and oxygen atoms in total. The molecule has 0 atom stereocenters. The molecular weight excluding hydrogens is 617 g/mol. The van der Waals surface area contributed by atoms with Crippen LogP contribution in [-0.2, 0) is 0 Å². The Kier molecular flexibility index (Phi) is 5.29. The van der Waals surface area contributed by atoms with Crippen molar-refractivity contribution in [1.82, 2.24) is 0 Å². The molecule has 1 heteroatoms. The maximum absolute atomic E-state index is 7.11. The van der Waals surface area contributed by atoms with Gasteiger partial charge in [-0.3, -0.25) is 0 Å². The first-order valence-electron chi connectivity index (χ1n) is 17.7. The smallest absolute Gasteiger partial charge is 0.143 e. The fraction of sp³-hybridized carbons (Fsp3) is 0. The van der Waals surface area contributed by atoms with Gasteiger partial charge in [0.1, 0.15) is 11.2 Å². The van der Waals surface area contributed by atoms with Gasteiger partial charge in [-0.05, 0) is 105 Å². The molecule has 0 radical (unpaired) electrons. The van der Waals surface area contributed by atoms with Gasteiger partial charge < -0.3 is 4.42 Å². The monoisotopic (exact) mass is 644 g/mol. The second-order valence-electron chi connectivity index (χ2n) is 14.0. The lowest BCUT2D eigenvalue weighted by Crippen LogP contribution is -1.89. The quantitative estimate of drug-likeness (QED) is 0.171. The van der Waals surface area contributed by atoms with Crippen molar-refractivity contribution in [1.29, 1.82) is 0 Å². The SMILES string of the molecule is c1ccc2c(c1)ccc1c2oc2c(-c3ccc4ccc5ccc6ccccc6c5c4c3)ccc(-c3ccc4ccc5cccc6ccc3c4c56)c21. The number of rotatable bonds is 2. The second-order valence-corrected chi connectivity index (χ2v) is 14.0. The molecule has 0 aliphatic carbocycles. The Morgan fingerprint density at radius 3 is 1.61 bits per heavy atom. The van der Waals surface area contributed by atoms with Gasteiger partial charge in [-0.1, -0.05) is 152 Å². The molecule has 12 rings (SSSR count). The average molecular weight is 645 g/mol. The van der Waals surface area contributed by atoms with Crippen LogP contribution in [0.1, 0.15) is 0 Å². The predicted molar refractivity (Wildman–Crippen MR) is 218 cm³/mol. The van der Waals surface area contributed by atoms with E-state index in [2.05, 4.69) is 170 Å². The summed E-state index contributed by atoms with van der Waals surface area (Å²) in [5.41, 5.74) is 6.53. The van der Waals surface area contributed by atoms with Gasteiger partial charge in [0.2, 0.25) is 0 Å². The van der Waals surface area contributed by atoms with Crippen LogP contribution in [0.5, 0.6) is 0 Å². The molecule has 0 saturated carbocycles. The minimum absolute atomic E-state index is 0.925. The number of furan rings is 1. The highest BCUT2D eigenvalue weighted by Gasteiger charge is 2.21. The van der Waals surface area contributed by atoms with Crippen molar-refractivity contribution in [2.75, 3.05) is 0 Å². The van der Waals surface area contributed by atoms with Crippen molar-refractivity contribution in [2.24, 2.45) is 0 Å². The molecule has 0 fully saturated rings. The molecule has 0 saturated heterocycles. The Morgan fingerprint density at radius 1 is 0.255 bits per heavy atom. The molecule has 0 N–H and O–H groups in total. The van der Waals surface area contributed by atoms with Gasteiger partial charge in [-0.2, -0.15) is 0 Å². The molecule has 51 heavy (non-hydrogen) atoms. The molecule has 12 aromatic rings. The van der Waals surface area contributed by atoms with E-state index in [-0.39, 0.29) is 0 Å². The van der Waals surface area contributed by atoms with Crippen LogP contribution in [0.15, 0.2) is 174 Å². The summed E-state index contributed by atoms with van der Waals surface area (Å²) in [6.45, 7) is 0. The van der Waals surface area contributed by atoms with Crippen molar-refractivity contribution in [3.63, 3.8) is 0 Å². The van der Waals surface area contributed by atoms with E-state index in [4.69, 9.17) is 4.42 Å². The van der Waals surface area contributed by atoms with E-state index in [1.165, 1.54) is 81.1 Å². The Hall–Kier alpha value is -6.70. The van der Waals surface area contributed by atoms with Gasteiger partial charge in [-0.25, -0.2) is 0 Å². The molecule has 0 amide bonds. The first-order valence-corrected chi connectivity index (χ1v) is 17.7.